The summed E-state index contributed by atoms with van der Waals surface area (Å²) in [4.78, 5) is 16.2. The summed E-state index contributed by atoms with van der Waals surface area (Å²) in [7, 11) is 3.11. The molecule has 2 heterocycles. The second-order valence-corrected chi connectivity index (χ2v) is 5.73. The average molecular weight is 333 g/mol. The van der Waals surface area contributed by atoms with Crippen LogP contribution in [0.3, 0.4) is 0 Å². The van der Waals surface area contributed by atoms with Gasteiger partial charge in [-0.15, -0.1) is 0 Å². The predicted octanol–water partition coefficient (Wildman–Crippen LogP) is 1.05. The third-order valence-corrected chi connectivity index (χ3v) is 4.54. The summed E-state index contributed by atoms with van der Waals surface area (Å²) >= 11 is 0. The van der Waals surface area contributed by atoms with Gasteiger partial charge in [-0.2, -0.15) is 0 Å². The Balaban J connectivity index is 1.76. The van der Waals surface area contributed by atoms with E-state index in [0.29, 0.717) is 51.7 Å². The number of fused-ring (bicyclic) bond motifs is 3. The van der Waals surface area contributed by atoms with Crippen LogP contribution in [0, 0.1) is 4.91 Å². The molecule has 9 nitrogen and oxygen atoms in total. The highest BCUT2D eigenvalue weighted by molar-refractivity contribution is 6.00. The minimum atomic E-state index is -0.374. The third kappa shape index (κ3) is 2.01. The van der Waals surface area contributed by atoms with Gasteiger partial charge < -0.3 is 9.47 Å². The van der Waals surface area contributed by atoms with Crippen molar-refractivity contribution in [1.29, 1.82) is 0 Å². The highest BCUT2D eigenvalue weighted by Crippen LogP contribution is 2.39. The van der Waals surface area contributed by atoms with Crippen LogP contribution in [-0.2, 0) is 6.42 Å². The molecule has 0 bridgehead atoms. The minimum Gasteiger partial charge on any atom is -0.493 e. The Morgan fingerprint density at radius 3 is 2.92 bits per heavy atom. The van der Waals surface area contributed by atoms with Crippen LogP contribution in [0.25, 0.3) is 0 Å². The lowest BCUT2D eigenvalue weighted by Gasteiger charge is -2.25. The van der Waals surface area contributed by atoms with E-state index in [1.54, 1.807) is 32.4 Å². The first-order valence-electron chi connectivity index (χ1n) is 7.55. The zero-order valence-electron chi connectivity index (χ0n) is 13.2. The Morgan fingerprint density at radius 2 is 2.17 bits per heavy atom. The fourth-order valence-corrected chi connectivity index (χ4v) is 3.33. The second-order valence-electron chi connectivity index (χ2n) is 5.73. The van der Waals surface area contributed by atoms with E-state index in [4.69, 9.17) is 14.1 Å². The lowest BCUT2D eigenvalue weighted by atomic mass is 9.92. The Morgan fingerprint density at radius 1 is 1.38 bits per heavy atom. The first-order valence-corrected chi connectivity index (χ1v) is 7.55. The van der Waals surface area contributed by atoms with E-state index in [1.807, 2.05) is 0 Å². The van der Waals surface area contributed by atoms with E-state index in [1.165, 1.54) is 0 Å². The molecule has 0 fully saturated rings. The van der Waals surface area contributed by atoms with Crippen molar-refractivity contribution in [3.8, 4) is 11.5 Å². The first-order chi connectivity index (χ1) is 11.6. The molecule has 126 valence electrons. The minimum absolute atomic E-state index is 0.241. The van der Waals surface area contributed by atoms with E-state index in [0.717, 1.165) is 5.06 Å². The summed E-state index contributed by atoms with van der Waals surface area (Å²) in [5, 5.41) is 14.3. The van der Waals surface area contributed by atoms with Gasteiger partial charge in [0.05, 0.1) is 20.3 Å². The largest absolute Gasteiger partial charge is 0.493 e. The molecule has 24 heavy (non-hydrogen) atoms. The van der Waals surface area contributed by atoms with Crippen LogP contribution in [0.15, 0.2) is 27.8 Å². The topological polar surface area (TPSA) is 106 Å². The smallest absolute Gasteiger partial charge is 0.247 e. The lowest BCUT2D eigenvalue weighted by molar-refractivity contribution is -0.719. The molecule has 9 heteroatoms. The second kappa shape index (κ2) is 5.38. The predicted molar refractivity (Wildman–Crippen MR) is 81.0 cm³/mol. The van der Waals surface area contributed by atoms with Crippen molar-refractivity contribution in [3.63, 3.8) is 0 Å². The zero-order valence-corrected chi connectivity index (χ0v) is 13.2. The van der Waals surface area contributed by atoms with Crippen molar-refractivity contribution in [1.82, 2.24) is 10.2 Å². The summed E-state index contributed by atoms with van der Waals surface area (Å²) in [5.74, 6) is 1.57. The Labute approximate surface area is 136 Å². The lowest BCUT2D eigenvalue weighted by Crippen LogP contribution is -2.38. The van der Waals surface area contributed by atoms with E-state index < -0.39 is 0 Å². The number of nitrogens with zero attached hydrogens (tertiary/aromatic N) is 3. The van der Waals surface area contributed by atoms with Gasteiger partial charge in [0.15, 0.2) is 21.9 Å². The van der Waals surface area contributed by atoms with Gasteiger partial charge >= 0.3 is 0 Å². The molecule has 2 unspecified atom stereocenters. The van der Waals surface area contributed by atoms with Gasteiger partial charge in [-0.1, -0.05) is 9.79 Å². The van der Waals surface area contributed by atoms with Gasteiger partial charge in [0.1, 0.15) is 6.04 Å². The molecule has 0 saturated heterocycles. The molecule has 0 saturated carbocycles. The summed E-state index contributed by atoms with van der Waals surface area (Å²) in [5.41, 5.74) is 1.84. The number of nitrogens with one attached hydrogen (secondary N) is 1. The maximum absolute atomic E-state index is 11.6. The molecule has 1 aromatic heterocycles. The maximum Gasteiger partial charge on any atom is 0.247 e. The fourth-order valence-electron chi connectivity index (χ4n) is 3.33. The summed E-state index contributed by atoms with van der Waals surface area (Å²) in [6, 6.07) is 4.70. The highest BCUT2D eigenvalue weighted by Gasteiger charge is 2.46. The van der Waals surface area contributed by atoms with E-state index in [2.05, 4.69) is 10.1 Å². The summed E-state index contributed by atoms with van der Waals surface area (Å²) in [6.07, 6.45) is 1.11. The average Bonchev–Trinajstić information content (AvgIpc) is 3.15. The Kier molecular flexibility index (Phi) is 3.31. The van der Waals surface area contributed by atoms with Gasteiger partial charge in [-0.25, -0.2) is 5.06 Å². The van der Waals surface area contributed by atoms with Crippen LogP contribution in [-0.4, -0.2) is 41.5 Å². The van der Waals surface area contributed by atoms with Crippen LogP contribution >= 0.6 is 0 Å². The molecule has 2 aliphatic rings. The van der Waals surface area contributed by atoms with Gasteiger partial charge in [-0.05, 0) is 29.5 Å². The number of methoxy groups -OCH3 is 2. The quantitative estimate of drug-likeness (QED) is 0.869. The number of hydroxylamine groups is 2. The van der Waals surface area contributed by atoms with Crippen molar-refractivity contribution in [2.24, 2.45) is 4.99 Å². The molecule has 1 aromatic carbocycles. The maximum atomic E-state index is 11.6. The van der Waals surface area contributed by atoms with Crippen molar-refractivity contribution >= 4 is 5.84 Å². The molecule has 0 spiro atoms. The molecule has 2 atom stereocenters. The number of amidine groups is 1. The molecule has 0 amide bonds. The molecule has 0 radical (unpaired) electrons. The van der Waals surface area contributed by atoms with Crippen LogP contribution in [0.1, 0.15) is 29.4 Å². The van der Waals surface area contributed by atoms with Crippen molar-refractivity contribution in [2.75, 3.05) is 14.2 Å². The molecule has 1 aliphatic heterocycles. The third-order valence-electron chi connectivity index (χ3n) is 4.54. The van der Waals surface area contributed by atoms with E-state index in [-0.39, 0.29) is 12.1 Å². The van der Waals surface area contributed by atoms with Gasteiger partial charge in [0.25, 0.3) is 0 Å². The number of rotatable bonds is 3. The van der Waals surface area contributed by atoms with Gasteiger partial charge in [0.2, 0.25) is 11.4 Å². The number of aromatic amines is 1. The molecule has 1 aliphatic carbocycles. The number of aromatic nitrogens is 2. The first kappa shape index (κ1) is 14.8. The summed E-state index contributed by atoms with van der Waals surface area (Å²) in [6.45, 7) is 0. The number of hydrogen-bond donors (Lipinski definition) is 2. The standard InChI is InChI=1S/C15H17N4O5/c1-22-11-6-3-8(7-12(11)23-2)15-16-13-9(18(15)20)4-5-10-14(13)17-24-19(10)21/h3,6-7,9,13,17,20H,4-5H2,1-2H3/q+1. The Bertz CT molecular complexity index is 871. The zero-order chi connectivity index (χ0) is 16.8. The molecule has 2 N–H and O–H groups in total. The monoisotopic (exact) mass is 333 g/mol. The van der Waals surface area contributed by atoms with Gasteiger partial charge in [0, 0.05) is 12.0 Å². The van der Waals surface area contributed by atoms with Gasteiger partial charge in [-0.3, -0.25) is 10.2 Å². The normalized spacial score (nSPS) is 22.0. The van der Waals surface area contributed by atoms with E-state index in [9.17, 15) is 10.1 Å². The van der Waals surface area contributed by atoms with Crippen LogP contribution in [0.2, 0.25) is 0 Å². The number of aliphatic imine (C=N–C) groups is 1. The molecule has 4 rings (SSSR count). The molecular weight excluding hydrogens is 316 g/mol. The van der Waals surface area contributed by atoms with Crippen LogP contribution in [0.4, 0.5) is 0 Å². The highest BCUT2D eigenvalue weighted by atomic mass is 16.7. The Hall–Kier alpha value is -2.81. The van der Waals surface area contributed by atoms with Crippen molar-refractivity contribution in [2.45, 2.75) is 24.9 Å². The van der Waals surface area contributed by atoms with Crippen molar-refractivity contribution < 1.29 is 23.9 Å². The number of H-pyrrole nitrogens is 1. The molecule has 2 aromatic rings. The summed E-state index contributed by atoms with van der Waals surface area (Å²) < 4.78 is 15.8. The van der Waals surface area contributed by atoms with Crippen molar-refractivity contribution in [3.05, 3.63) is 40.1 Å². The van der Waals surface area contributed by atoms with Crippen LogP contribution < -0.4 is 14.1 Å². The fraction of sp³-hybridized carbons (Fsp3) is 0.400. The molecular formula is C15H17N4O5+. The van der Waals surface area contributed by atoms with E-state index >= 15 is 0 Å². The SMILES string of the molecule is COc1ccc(C2=NC3c4[nH]o[n+](=O)c4CCC3N2O)cc1OC. The number of hydrogen-bond acceptors (Lipinski definition) is 7. The van der Waals surface area contributed by atoms with Crippen LogP contribution in [0.5, 0.6) is 11.5 Å². The number of benzene rings is 1. The number of ether oxygens (including phenoxy) is 2.